The smallest absolute Gasteiger partial charge is 0.0964 e. The van der Waals surface area contributed by atoms with Crippen molar-refractivity contribution >= 4 is 17.3 Å². The molecule has 1 saturated heterocycles. The summed E-state index contributed by atoms with van der Waals surface area (Å²) in [6.45, 7) is 4.99. The molecule has 0 bridgehead atoms. The molecule has 0 aliphatic carbocycles. The van der Waals surface area contributed by atoms with Crippen molar-refractivity contribution in [1.82, 2.24) is 20.3 Å². The molecule has 0 radical (unpaired) electrons. The van der Waals surface area contributed by atoms with E-state index in [9.17, 15) is 0 Å². The summed E-state index contributed by atoms with van der Waals surface area (Å²) in [5.41, 5.74) is 2.24. The van der Waals surface area contributed by atoms with Crippen LogP contribution < -0.4 is 4.90 Å². The Morgan fingerprint density at radius 3 is 2.47 bits per heavy atom. The van der Waals surface area contributed by atoms with Crippen LogP contribution in [0.4, 0.5) is 5.69 Å². The highest BCUT2D eigenvalue weighted by atomic mass is 35.5. The molecule has 100 valence electrons. The predicted octanol–water partition coefficient (Wildman–Crippen LogP) is 1.78. The van der Waals surface area contributed by atoms with Crippen molar-refractivity contribution in [2.24, 2.45) is 0 Å². The monoisotopic (exact) mass is 277 g/mol. The zero-order valence-electron chi connectivity index (χ0n) is 10.6. The number of rotatable bonds is 3. The van der Waals surface area contributed by atoms with E-state index in [0.717, 1.165) is 43.4 Å². The number of aromatic amines is 1. The van der Waals surface area contributed by atoms with Crippen LogP contribution >= 0.6 is 11.6 Å². The predicted molar refractivity (Wildman–Crippen MR) is 75.3 cm³/mol. The molecular formula is C13H16ClN5. The minimum atomic E-state index is 0.786. The van der Waals surface area contributed by atoms with Crippen LogP contribution in [0.25, 0.3) is 0 Å². The highest BCUT2D eigenvalue weighted by Crippen LogP contribution is 2.19. The number of halogens is 1. The van der Waals surface area contributed by atoms with E-state index in [2.05, 4.69) is 37.3 Å². The van der Waals surface area contributed by atoms with Crippen molar-refractivity contribution in [3.05, 3.63) is 41.2 Å². The highest BCUT2D eigenvalue weighted by molar-refractivity contribution is 6.30. The lowest BCUT2D eigenvalue weighted by atomic mass is 10.2. The van der Waals surface area contributed by atoms with E-state index in [4.69, 9.17) is 11.6 Å². The van der Waals surface area contributed by atoms with Crippen molar-refractivity contribution in [3.63, 3.8) is 0 Å². The van der Waals surface area contributed by atoms with Crippen molar-refractivity contribution < 1.29 is 0 Å². The van der Waals surface area contributed by atoms with Crippen molar-refractivity contribution in [1.29, 1.82) is 0 Å². The van der Waals surface area contributed by atoms with Gasteiger partial charge < -0.3 is 4.90 Å². The normalized spacial score (nSPS) is 16.8. The molecule has 19 heavy (non-hydrogen) atoms. The summed E-state index contributed by atoms with van der Waals surface area (Å²) in [4.78, 5) is 4.78. The van der Waals surface area contributed by atoms with Crippen LogP contribution in [-0.2, 0) is 6.54 Å². The van der Waals surface area contributed by atoms with E-state index in [0.29, 0.717) is 0 Å². The summed E-state index contributed by atoms with van der Waals surface area (Å²) in [6.07, 6.45) is 1.78. The van der Waals surface area contributed by atoms with E-state index < -0.39 is 0 Å². The number of H-pyrrole nitrogens is 1. The number of benzene rings is 1. The first-order chi connectivity index (χ1) is 9.31. The van der Waals surface area contributed by atoms with Gasteiger partial charge in [-0.3, -0.25) is 4.90 Å². The molecule has 1 aliphatic heterocycles. The standard InChI is InChI=1S/C13H16ClN5/c14-11-1-3-13(4-2-11)19-7-5-18(6-8-19)10-12-9-15-17-16-12/h1-4,9H,5-8,10H2,(H,15,16,17). The molecule has 5 nitrogen and oxygen atoms in total. The minimum absolute atomic E-state index is 0.786. The highest BCUT2D eigenvalue weighted by Gasteiger charge is 2.17. The number of piperazine rings is 1. The van der Waals surface area contributed by atoms with Crippen molar-refractivity contribution in [3.8, 4) is 0 Å². The Kier molecular flexibility index (Phi) is 3.66. The molecule has 0 unspecified atom stereocenters. The SMILES string of the molecule is Clc1ccc(N2CCN(Cc3cn[nH]n3)CC2)cc1. The molecule has 6 heteroatoms. The number of hydrogen-bond acceptors (Lipinski definition) is 4. The number of hydrogen-bond donors (Lipinski definition) is 1. The van der Waals surface area contributed by atoms with Crippen LogP contribution in [-0.4, -0.2) is 46.5 Å². The number of anilines is 1. The molecule has 0 saturated carbocycles. The lowest BCUT2D eigenvalue weighted by Gasteiger charge is -2.35. The molecule has 0 spiro atoms. The fraction of sp³-hybridized carbons (Fsp3) is 0.385. The van der Waals surface area contributed by atoms with Gasteiger partial charge in [-0.15, -0.1) is 0 Å². The van der Waals surface area contributed by atoms with Crippen molar-refractivity contribution in [2.45, 2.75) is 6.54 Å². The first-order valence-corrected chi connectivity index (χ1v) is 6.76. The van der Waals surface area contributed by atoms with Crippen molar-refractivity contribution in [2.75, 3.05) is 31.1 Å². The minimum Gasteiger partial charge on any atom is -0.369 e. The second-order valence-electron chi connectivity index (χ2n) is 4.70. The Labute approximate surface area is 117 Å². The summed E-state index contributed by atoms with van der Waals surface area (Å²) < 4.78 is 0. The van der Waals surface area contributed by atoms with E-state index in [1.807, 2.05) is 12.1 Å². The summed E-state index contributed by atoms with van der Waals surface area (Å²) in [6, 6.07) is 8.04. The van der Waals surface area contributed by atoms with Crippen LogP contribution in [0.15, 0.2) is 30.5 Å². The molecule has 1 fully saturated rings. The van der Waals surface area contributed by atoms with Crippen LogP contribution in [0.5, 0.6) is 0 Å². The van der Waals surface area contributed by atoms with E-state index in [-0.39, 0.29) is 0 Å². The fourth-order valence-corrected chi connectivity index (χ4v) is 2.47. The quantitative estimate of drug-likeness (QED) is 0.929. The van der Waals surface area contributed by atoms with Gasteiger partial charge in [0.1, 0.15) is 0 Å². The molecule has 0 amide bonds. The molecule has 1 aromatic carbocycles. The molecule has 2 aromatic rings. The molecule has 1 aliphatic rings. The summed E-state index contributed by atoms with van der Waals surface area (Å²) >= 11 is 5.91. The Hall–Kier alpha value is -1.59. The van der Waals surface area contributed by atoms with Crippen LogP contribution in [0, 0.1) is 0 Å². The lowest BCUT2D eigenvalue weighted by Crippen LogP contribution is -2.46. The zero-order valence-corrected chi connectivity index (χ0v) is 11.3. The Morgan fingerprint density at radius 1 is 1.11 bits per heavy atom. The number of nitrogens with zero attached hydrogens (tertiary/aromatic N) is 4. The summed E-state index contributed by atoms with van der Waals surface area (Å²) in [7, 11) is 0. The van der Waals surface area contributed by atoms with Crippen LogP contribution in [0.2, 0.25) is 5.02 Å². The topological polar surface area (TPSA) is 48.0 Å². The average Bonchev–Trinajstić information content (AvgIpc) is 2.94. The summed E-state index contributed by atoms with van der Waals surface area (Å²) in [5.74, 6) is 0. The lowest BCUT2D eigenvalue weighted by molar-refractivity contribution is 0.247. The van der Waals surface area contributed by atoms with Gasteiger partial charge in [0.2, 0.25) is 0 Å². The fourth-order valence-electron chi connectivity index (χ4n) is 2.35. The maximum absolute atomic E-state index is 5.91. The first-order valence-electron chi connectivity index (χ1n) is 6.39. The zero-order chi connectivity index (χ0) is 13.1. The second kappa shape index (κ2) is 5.59. The molecule has 1 N–H and O–H groups in total. The van der Waals surface area contributed by atoms with Gasteiger partial charge in [0, 0.05) is 43.4 Å². The largest absolute Gasteiger partial charge is 0.369 e. The third kappa shape index (κ3) is 3.05. The average molecular weight is 278 g/mol. The molecule has 1 aromatic heterocycles. The summed E-state index contributed by atoms with van der Waals surface area (Å²) in [5, 5.41) is 11.4. The van der Waals surface area contributed by atoms with E-state index in [1.165, 1.54) is 5.69 Å². The maximum atomic E-state index is 5.91. The number of nitrogens with one attached hydrogen (secondary N) is 1. The Bertz CT molecular complexity index is 502. The van der Waals surface area contributed by atoms with E-state index in [1.54, 1.807) is 6.20 Å². The van der Waals surface area contributed by atoms with Gasteiger partial charge >= 0.3 is 0 Å². The molecular weight excluding hydrogens is 262 g/mol. The third-order valence-corrected chi connectivity index (χ3v) is 3.67. The van der Waals surface area contributed by atoms with Gasteiger partial charge in [-0.25, -0.2) is 0 Å². The van der Waals surface area contributed by atoms with Gasteiger partial charge in [-0.05, 0) is 24.3 Å². The van der Waals surface area contributed by atoms with Gasteiger partial charge in [0.05, 0.1) is 11.9 Å². The van der Waals surface area contributed by atoms with Gasteiger partial charge in [-0.1, -0.05) is 11.6 Å². The molecule has 0 atom stereocenters. The van der Waals surface area contributed by atoms with Gasteiger partial charge in [0.25, 0.3) is 0 Å². The maximum Gasteiger partial charge on any atom is 0.0964 e. The molecule has 2 heterocycles. The van der Waals surface area contributed by atoms with Gasteiger partial charge in [0.15, 0.2) is 0 Å². The Balaban J connectivity index is 1.56. The van der Waals surface area contributed by atoms with Crippen LogP contribution in [0.3, 0.4) is 0 Å². The van der Waals surface area contributed by atoms with Gasteiger partial charge in [-0.2, -0.15) is 15.4 Å². The second-order valence-corrected chi connectivity index (χ2v) is 5.14. The number of aromatic nitrogens is 3. The van der Waals surface area contributed by atoms with E-state index >= 15 is 0 Å². The Morgan fingerprint density at radius 2 is 1.84 bits per heavy atom. The molecule has 3 rings (SSSR count). The van der Waals surface area contributed by atoms with Crippen LogP contribution in [0.1, 0.15) is 5.69 Å². The third-order valence-electron chi connectivity index (χ3n) is 3.41. The first kappa shape index (κ1) is 12.4.